The second kappa shape index (κ2) is 6.27. The summed E-state index contributed by atoms with van der Waals surface area (Å²) in [5, 5.41) is 9.86. The highest BCUT2D eigenvalue weighted by molar-refractivity contribution is 5.66. The van der Waals surface area contributed by atoms with E-state index in [4.69, 9.17) is 0 Å². The number of fused-ring (bicyclic) bond motifs is 1. The molecule has 2 heterocycles. The van der Waals surface area contributed by atoms with Crippen molar-refractivity contribution in [1.82, 2.24) is 4.98 Å². The van der Waals surface area contributed by atoms with Crippen LogP contribution >= 0.6 is 0 Å². The van der Waals surface area contributed by atoms with Crippen LogP contribution in [0.3, 0.4) is 0 Å². The van der Waals surface area contributed by atoms with Crippen LogP contribution in [0.4, 0.5) is 11.4 Å². The standard InChI is InChI=1S/C18H22N2O/c1-2-18(21)16-11-10-15(13-19-16)20-12-6-5-8-14-7-3-4-9-17(14)20/h3-4,7,9-11,13,18,21H,2,5-6,8,12H2,1H3/t18-/m0/s1. The monoisotopic (exact) mass is 282 g/mol. The van der Waals surface area contributed by atoms with E-state index in [1.54, 1.807) is 0 Å². The van der Waals surface area contributed by atoms with Gasteiger partial charge in [-0.05, 0) is 49.4 Å². The van der Waals surface area contributed by atoms with E-state index >= 15 is 0 Å². The maximum Gasteiger partial charge on any atom is 0.0957 e. The van der Waals surface area contributed by atoms with Gasteiger partial charge in [-0.3, -0.25) is 4.98 Å². The van der Waals surface area contributed by atoms with Gasteiger partial charge in [0.05, 0.1) is 23.7 Å². The Labute approximate surface area is 126 Å². The summed E-state index contributed by atoms with van der Waals surface area (Å²) in [4.78, 5) is 6.78. The number of aliphatic hydroxyl groups is 1. The third-order valence-corrected chi connectivity index (χ3v) is 4.17. The minimum atomic E-state index is -0.463. The van der Waals surface area contributed by atoms with Gasteiger partial charge in [0.15, 0.2) is 0 Å². The van der Waals surface area contributed by atoms with Crippen LogP contribution in [0.2, 0.25) is 0 Å². The first kappa shape index (κ1) is 14.1. The number of aryl methyl sites for hydroxylation is 1. The molecule has 3 nitrogen and oxygen atoms in total. The summed E-state index contributed by atoms with van der Waals surface area (Å²) in [6, 6.07) is 12.6. The Morgan fingerprint density at radius 2 is 2.05 bits per heavy atom. The third-order valence-electron chi connectivity index (χ3n) is 4.17. The van der Waals surface area contributed by atoms with Crippen molar-refractivity contribution in [3.05, 3.63) is 53.9 Å². The molecular weight excluding hydrogens is 260 g/mol. The van der Waals surface area contributed by atoms with Crippen LogP contribution in [0.1, 0.15) is 43.5 Å². The molecule has 1 aliphatic heterocycles. The number of aromatic nitrogens is 1. The van der Waals surface area contributed by atoms with Gasteiger partial charge in [-0.2, -0.15) is 0 Å². The molecule has 0 unspecified atom stereocenters. The molecule has 0 saturated heterocycles. The Balaban J connectivity index is 1.93. The van der Waals surface area contributed by atoms with E-state index in [0.29, 0.717) is 6.42 Å². The highest BCUT2D eigenvalue weighted by Gasteiger charge is 2.17. The molecule has 21 heavy (non-hydrogen) atoms. The lowest BCUT2D eigenvalue weighted by Crippen LogP contribution is -2.18. The molecule has 3 rings (SSSR count). The molecule has 0 amide bonds. The van der Waals surface area contributed by atoms with Gasteiger partial charge in [0, 0.05) is 12.2 Å². The van der Waals surface area contributed by atoms with Gasteiger partial charge in [-0.25, -0.2) is 0 Å². The molecule has 0 radical (unpaired) electrons. The van der Waals surface area contributed by atoms with Crippen LogP contribution in [0.5, 0.6) is 0 Å². The van der Waals surface area contributed by atoms with Gasteiger partial charge in [0.2, 0.25) is 0 Å². The maximum atomic E-state index is 9.86. The Morgan fingerprint density at radius 1 is 1.19 bits per heavy atom. The van der Waals surface area contributed by atoms with Crippen molar-refractivity contribution >= 4 is 11.4 Å². The normalized spacial score (nSPS) is 16.2. The fraction of sp³-hybridized carbons (Fsp3) is 0.389. The molecule has 0 aliphatic carbocycles. The number of benzene rings is 1. The smallest absolute Gasteiger partial charge is 0.0957 e. The minimum Gasteiger partial charge on any atom is -0.387 e. The number of para-hydroxylation sites is 1. The summed E-state index contributed by atoms with van der Waals surface area (Å²) in [6.45, 7) is 2.99. The van der Waals surface area contributed by atoms with E-state index < -0.39 is 6.10 Å². The topological polar surface area (TPSA) is 36.4 Å². The first-order chi connectivity index (χ1) is 10.3. The second-order valence-electron chi connectivity index (χ2n) is 5.60. The molecular formula is C18H22N2O. The second-order valence-corrected chi connectivity index (χ2v) is 5.60. The summed E-state index contributed by atoms with van der Waals surface area (Å²) in [5.74, 6) is 0. The molecule has 0 fully saturated rings. The molecule has 3 heteroatoms. The molecule has 1 atom stereocenters. The number of aliphatic hydroxyl groups excluding tert-OH is 1. The van der Waals surface area contributed by atoms with Crippen molar-refractivity contribution < 1.29 is 5.11 Å². The van der Waals surface area contributed by atoms with Crippen LogP contribution in [0.25, 0.3) is 0 Å². The molecule has 2 aromatic rings. The number of rotatable bonds is 3. The fourth-order valence-corrected chi connectivity index (χ4v) is 2.92. The largest absolute Gasteiger partial charge is 0.387 e. The van der Waals surface area contributed by atoms with Gasteiger partial charge in [0.25, 0.3) is 0 Å². The summed E-state index contributed by atoms with van der Waals surface area (Å²) in [6.07, 6.45) is 5.68. The summed E-state index contributed by atoms with van der Waals surface area (Å²) in [5.41, 5.74) is 4.56. The molecule has 1 aromatic heterocycles. The number of nitrogens with zero attached hydrogens (tertiary/aromatic N) is 2. The Morgan fingerprint density at radius 3 is 2.81 bits per heavy atom. The van der Waals surface area contributed by atoms with Crippen molar-refractivity contribution in [1.29, 1.82) is 0 Å². The van der Waals surface area contributed by atoms with Crippen LogP contribution < -0.4 is 4.90 Å². The fourth-order valence-electron chi connectivity index (χ4n) is 2.92. The Bertz CT molecular complexity index is 594. The van der Waals surface area contributed by atoms with Gasteiger partial charge >= 0.3 is 0 Å². The average Bonchev–Trinajstić information content (AvgIpc) is 2.77. The van der Waals surface area contributed by atoms with Crippen molar-refractivity contribution in [3.8, 4) is 0 Å². The van der Waals surface area contributed by atoms with Gasteiger partial charge in [0.1, 0.15) is 0 Å². The van der Waals surface area contributed by atoms with Gasteiger partial charge < -0.3 is 10.0 Å². The molecule has 1 N–H and O–H groups in total. The average molecular weight is 282 g/mol. The number of hydrogen-bond acceptors (Lipinski definition) is 3. The zero-order chi connectivity index (χ0) is 14.7. The zero-order valence-corrected chi connectivity index (χ0v) is 12.5. The lowest BCUT2D eigenvalue weighted by molar-refractivity contribution is 0.169. The van der Waals surface area contributed by atoms with E-state index in [0.717, 1.165) is 24.3 Å². The highest BCUT2D eigenvalue weighted by atomic mass is 16.3. The molecule has 110 valence electrons. The quantitative estimate of drug-likeness (QED) is 0.924. The SMILES string of the molecule is CC[C@H](O)c1ccc(N2CCCCc3ccccc32)cn1. The molecule has 1 aliphatic rings. The van der Waals surface area contributed by atoms with E-state index in [1.807, 2.05) is 19.2 Å². The lowest BCUT2D eigenvalue weighted by atomic mass is 10.1. The minimum absolute atomic E-state index is 0.463. The van der Waals surface area contributed by atoms with Crippen molar-refractivity contribution in [2.24, 2.45) is 0 Å². The molecule has 0 spiro atoms. The van der Waals surface area contributed by atoms with Crippen molar-refractivity contribution in [2.45, 2.75) is 38.7 Å². The van der Waals surface area contributed by atoms with E-state index in [-0.39, 0.29) is 0 Å². The summed E-state index contributed by atoms with van der Waals surface area (Å²) < 4.78 is 0. The predicted molar refractivity (Wildman–Crippen MR) is 85.9 cm³/mol. The molecule has 0 bridgehead atoms. The third kappa shape index (κ3) is 2.93. The van der Waals surface area contributed by atoms with Crippen LogP contribution in [0, 0.1) is 0 Å². The maximum absolute atomic E-state index is 9.86. The lowest BCUT2D eigenvalue weighted by Gasteiger charge is -2.25. The Hall–Kier alpha value is -1.87. The van der Waals surface area contributed by atoms with Crippen LogP contribution in [-0.2, 0) is 6.42 Å². The first-order valence-electron chi connectivity index (χ1n) is 7.79. The van der Waals surface area contributed by atoms with E-state index in [9.17, 15) is 5.11 Å². The van der Waals surface area contributed by atoms with Crippen molar-refractivity contribution in [3.63, 3.8) is 0 Å². The van der Waals surface area contributed by atoms with Gasteiger partial charge in [-0.1, -0.05) is 25.1 Å². The van der Waals surface area contributed by atoms with Gasteiger partial charge in [-0.15, -0.1) is 0 Å². The van der Waals surface area contributed by atoms with Crippen LogP contribution in [-0.4, -0.2) is 16.6 Å². The molecule has 0 saturated carbocycles. The number of anilines is 2. The number of hydrogen-bond donors (Lipinski definition) is 1. The van der Waals surface area contributed by atoms with E-state index in [1.165, 1.54) is 24.1 Å². The Kier molecular flexibility index (Phi) is 4.20. The predicted octanol–water partition coefficient (Wildman–Crippen LogP) is 4.00. The van der Waals surface area contributed by atoms with E-state index in [2.05, 4.69) is 40.2 Å². The summed E-state index contributed by atoms with van der Waals surface area (Å²) in [7, 11) is 0. The molecule has 1 aromatic carbocycles. The zero-order valence-electron chi connectivity index (χ0n) is 12.5. The van der Waals surface area contributed by atoms with Crippen LogP contribution in [0.15, 0.2) is 42.6 Å². The van der Waals surface area contributed by atoms with Crippen molar-refractivity contribution in [2.75, 3.05) is 11.4 Å². The highest BCUT2D eigenvalue weighted by Crippen LogP contribution is 2.32. The summed E-state index contributed by atoms with van der Waals surface area (Å²) >= 11 is 0. The number of pyridine rings is 1. The first-order valence-corrected chi connectivity index (χ1v) is 7.79.